The van der Waals surface area contributed by atoms with Crippen LogP contribution in [0.5, 0.6) is 11.5 Å². The second-order valence-electron chi connectivity index (χ2n) is 5.94. The third-order valence-corrected chi connectivity index (χ3v) is 4.10. The van der Waals surface area contributed by atoms with Crippen molar-refractivity contribution < 1.29 is 14.3 Å². The largest absolute Gasteiger partial charge is 0.457 e. The maximum atomic E-state index is 12.0. The molecule has 0 radical (unpaired) electrons. The minimum absolute atomic E-state index is 0.224. The van der Waals surface area contributed by atoms with Gasteiger partial charge in [-0.1, -0.05) is 54.1 Å². The third kappa shape index (κ3) is 6.19. The topological polar surface area (TPSA) is 79.8 Å². The average molecular weight is 408 g/mol. The van der Waals surface area contributed by atoms with Gasteiger partial charge in [0.05, 0.1) is 23.3 Å². The molecule has 0 saturated carbocycles. The van der Waals surface area contributed by atoms with Crippen LogP contribution in [0, 0.1) is 0 Å². The number of halogens is 1. The second kappa shape index (κ2) is 10.1. The molecule has 0 unspecified atom stereocenters. The standard InChI is InChI=1S/C22H18ClN3O3/c23-20-12-5-4-11-19(20)22(28)24-15-21(27)26-25-14-16-7-6-10-18(13-16)29-17-8-2-1-3-9-17/h1-14H,15H2,(H,24,28)(H,26,27). The van der Waals surface area contributed by atoms with E-state index in [-0.39, 0.29) is 6.54 Å². The number of rotatable bonds is 7. The molecule has 2 N–H and O–H groups in total. The smallest absolute Gasteiger partial charge is 0.259 e. The van der Waals surface area contributed by atoms with E-state index in [4.69, 9.17) is 16.3 Å². The van der Waals surface area contributed by atoms with Crippen LogP contribution in [0.15, 0.2) is 84.0 Å². The van der Waals surface area contributed by atoms with Gasteiger partial charge in [0, 0.05) is 0 Å². The summed E-state index contributed by atoms with van der Waals surface area (Å²) in [6.07, 6.45) is 1.49. The van der Waals surface area contributed by atoms with Crippen molar-refractivity contribution in [3.8, 4) is 11.5 Å². The van der Waals surface area contributed by atoms with Gasteiger partial charge < -0.3 is 10.1 Å². The molecule has 6 nitrogen and oxygen atoms in total. The SMILES string of the molecule is O=C(CNC(=O)c1ccccc1Cl)NN=Cc1cccc(Oc2ccccc2)c1. The van der Waals surface area contributed by atoms with Crippen molar-refractivity contribution in [2.45, 2.75) is 0 Å². The molecule has 0 bridgehead atoms. The molecular formula is C22H18ClN3O3. The maximum Gasteiger partial charge on any atom is 0.259 e. The van der Waals surface area contributed by atoms with Gasteiger partial charge in [0.1, 0.15) is 11.5 Å². The zero-order chi connectivity index (χ0) is 20.5. The van der Waals surface area contributed by atoms with Crippen LogP contribution in [0.3, 0.4) is 0 Å². The number of ether oxygens (including phenoxy) is 1. The van der Waals surface area contributed by atoms with E-state index in [9.17, 15) is 9.59 Å². The summed E-state index contributed by atoms with van der Waals surface area (Å²) in [4.78, 5) is 23.9. The highest BCUT2D eigenvalue weighted by atomic mass is 35.5. The van der Waals surface area contributed by atoms with E-state index in [2.05, 4.69) is 15.8 Å². The summed E-state index contributed by atoms with van der Waals surface area (Å²) < 4.78 is 5.76. The van der Waals surface area contributed by atoms with Gasteiger partial charge in [0.2, 0.25) is 0 Å². The Labute approximate surface area is 173 Å². The van der Waals surface area contributed by atoms with Crippen molar-refractivity contribution in [1.82, 2.24) is 10.7 Å². The molecule has 0 atom stereocenters. The molecule has 0 aliphatic heterocycles. The van der Waals surface area contributed by atoms with E-state index in [1.165, 1.54) is 6.21 Å². The molecule has 0 saturated heterocycles. The molecule has 3 aromatic rings. The summed E-state index contributed by atoms with van der Waals surface area (Å²) in [6, 6.07) is 23.3. The quantitative estimate of drug-likeness (QED) is 0.458. The highest BCUT2D eigenvalue weighted by Gasteiger charge is 2.10. The summed E-state index contributed by atoms with van der Waals surface area (Å²) in [5.74, 6) is 0.487. The number of hydrazone groups is 1. The van der Waals surface area contributed by atoms with Gasteiger partial charge in [-0.2, -0.15) is 5.10 Å². The molecule has 7 heteroatoms. The number of hydrogen-bond acceptors (Lipinski definition) is 4. The van der Waals surface area contributed by atoms with Crippen LogP contribution in [-0.4, -0.2) is 24.6 Å². The van der Waals surface area contributed by atoms with Crippen molar-refractivity contribution >= 4 is 29.6 Å². The van der Waals surface area contributed by atoms with Crippen molar-refractivity contribution in [1.29, 1.82) is 0 Å². The Bertz CT molecular complexity index is 1020. The van der Waals surface area contributed by atoms with Crippen molar-refractivity contribution in [2.75, 3.05) is 6.54 Å². The number of hydrogen-bond donors (Lipinski definition) is 2. The molecule has 0 aromatic heterocycles. The maximum absolute atomic E-state index is 12.0. The second-order valence-corrected chi connectivity index (χ2v) is 6.35. The Kier molecular flexibility index (Phi) is 6.97. The first-order valence-electron chi connectivity index (χ1n) is 8.79. The summed E-state index contributed by atoms with van der Waals surface area (Å²) in [7, 11) is 0. The summed E-state index contributed by atoms with van der Waals surface area (Å²) >= 11 is 5.95. The molecule has 3 aromatic carbocycles. The Morgan fingerprint density at radius 2 is 1.66 bits per heavy atom. The molecule has 0 heterocycles. The Morgan fingerprint density at radius 1 is 0.931 bits per heavy atom. The Morgan fingerprint density at radius 3 is 2.45 bits per heavy atom. The van der Waals surface area contributed by atoms with Crippen molar-refractivity contribution in [2.24, 2.45) is 5.10 Å². The van der Waals surface area contributed by atoms with E-state index >= 15 is 0 Å². The van der Waals surface area contributed by atoms with Crippen LogP contribution >= 0.6 is 11.6 Å². The monoisotopic (exact) mass is 407 g/mol. The predicted octanol–water partition coefficient (Wildman–Crippen LogP) is 4.01. The van der Waals surface area contributed by atoms with Gasteiger partial charge >= 0.3 is 0 Å². The zero-order valence-corrected chi connectivity index (χ0v) is 16.1. The van der Waals surface area contributed by atoms with Gasteiger partial charge in [-0.25, -0.2) is 5.43 Å². The summed E-state index contributed by atoms with van der Waals surface area (Å²) in [5.41, 5.74) is 3.42. The van der Waals surface area contributed by atoms with E-state index < -0.39 is 11.8 Å². The number of para-hydroxylation sites is 1. The molecule has 0 aliphatic carbocycles. The minimum atomic E-state index is -0.460. The molecule has 2 amide bonds. The molecule has 3 rings (SSSR count). The normalized spacial score (nSPS) is 10.5. The number of nitrogens with zero attached hydrogens (tertiary/aromatic N) is 1. The fourth-order valence-electron chi connectivity index (χ4n) is 2.40. The van der Waals surface area contributed by atoms with Crippen molar-refractivity contribution in [3.05, 3.63) is 95.0 Å². The van der Waals surface area contributed by atoms with Gasteiger partial charge in [0.15, 0.2) is 0 Å². The Hall–Kier alpha value is -3.64. The molecule has 0 aliphatic rings. The van der Waals surface area contributed by atoms with Crippen LogP contribution < -0.4 is 15.5 Å². The molecule has 29 heavy (non-hydrogen) atoms. The van der Waals surface area contributed by atoms with E-state index in [1.54, 1.807) is 30.3 Å². The van der Waals surface area contributed by atoms with E-state index in [0.717, 1.165) is 11.3 Å². The van der Waals surface area contributed by atoms with Crippen LogP contribution in [0.2, 0.25) is 5.02 Å². The van der Waals surface area contributed by atoms with Crippen LogP contribution in [0.25, 0.3) is 0 Å². The zero-order valence-electron chi connectivity index (χ0n) is 15.3. The lowest BCUT2D eigenvalue weighted by molar-refractivity contribution is -0.120. The lowest BCUT2D eigenvalue weighted by Gasteiger charge is -2.06. The fraction of sp³-hybridized carbons (Fsp3) is 0.0455. The lowest BCUT2D eigenvalue weighted by atomic mass is 10.2. The number of amides is 2. The van der Waals surface area contributed by atoms with Crippen LogP contribution in [-0.2, 0) is 4.79 Å². The number of carbonyl (C=O) groups excluding carboxylic acids is 2. The highest BCUT2D eigenvalue weighted by Crippen LogP contribution is 2.21. The predicted molar refractivity (Wildman–Crippen MR) is 112 cm³/mol. The van der Waals surface area contributed by atoms with Crippen LogP contribution in [0.4, 0.5) is 0 Å². The number of carbonyl (C=O) groups is 2. The lowest BCUT2D eigenvalue weighted by Crippen LogP contribution is -2.35. The molecule has 146 valence electrons. The summed E-state index contributed by atoms with van der Waals surface area (Å²) in [6.45, 7) is -0.224. The third-order valence-electron chi connectivity index (χ3n) is 3.77. The first-order valence-corrected chi connectivity index (χ1v) is 9.17. The molecule has 0 fully saturated rings. The molecule has 0 spiro atoms. The first kappa shape index (κ1) is 20.1. The highest BCUT2D eigenvalue weighted by molar-refractivity contribution is 6.33. The van der Waals surface area contributed by atoms with Crippen LogP contribution in [0.1, 0.15) is 15.9 Å². The first-order chi connectivity index (χ1) is 14.1. The average Bonchev–Trinajstić information content (AvgIpc) is 2.73. The van der Waals surface area contributed by atoms with E-state index in [1.807, 2.05) is 48.5 Å². The fourth-order valence-corrected chi connectivity index (χ4v) is 2.62. The van der Waals surface area contributed by atoms with E-state index in [0.29, 0.717) is 16.3 Å². The minimum Gasteiger partial charge on any atom is -0.457 e. The van der Waals surface area contributed by atoms with Gasteiger partial charge in [-0.3, -0.25) is 9.59 Å². The Balaban J connectivity index is 1.49. The molecular weight excluding hydrogens is 390 g/mol. The van der Waals surface area contributed by atoms with Gasteiger partial charge in [-0.05, 0) is 42.0 Å². The summed E-state index contributed by atoms with van der Waals surface area (Å²) in [5, 5.41) is 6.72. The number of nitrogens with one attached hydrogen (secondary N) is 2. The van der Waals surface area contributed by atoms with Gasteiger partial charge in [0.25, 0.3) is 11.8 Å². The van der Waals surface area contributed by atoms with Crippen molar-refractivity contribution in [3.63, 3.8) is 0 Å². The van der Waals surface area contributed by atoms with Gasteiger partial charge in [-0.15, -0.1) is 0 Å². The number of benzene rings is 3.